The van der Waals surface area contributed by atoms with Gasteiger partial charge in [-0.15, -0.1) is 0 Å². The van der Waals surface area contributed by atoms with Crippen LogP contribution in [0.25, 0.3) is 0 Å². The minimum absolute atomic E-state index is 0.196. The first-order valence-electron chi connectivity index (χ1n) is 7.33. The largest absolute Gasteiger partial charge is 0.356 e. The van der Waals surface area contributed by atoms with E-state index in [0.29, 0.717) is 18.9 Å². The number of amides is 1. The van der Waals surface area contributed by atoms with Crippen LogP contribution in [0.2, 0.25) is 0 Å². The van der Waals surface area contributed by atoms with Crippen LogP contribution in [0.15, 0.2) is 24.3 Å². The fourth-order valence-electron chi connectivity index (χ4n) is 2.78. The Hall–Kier alpha value is -1.35. The van der Waals surface area contributed by atoms with Crippen molar-refractivity contribution in [3.63, 3.8) is 0 Å². The van der Waals surface area contributed by atoms with Crippen molar-refractivity contribution in [1.82, 2.24) is 5.32 Å². The highest BCUT2D eigenvalue weighted by atomic mass is 16.1. The van der Waals surface area contributed by atoms with E-state index in [1.807, 2.05) is 0 Å². The number of nitrogens with one attached hydrogen (secondary N) is 1. The average Bonchev–Trinajstić information content (AvgIpc) is 2.43. The highest BCUT2D eigenvalue weighted by Gasteiger charge is 2.20. The Bertz CT molecular complexity index is 417. The third-order valence-corrected chi connectivity index (χ3v) is 3.88. The van der Waals surface area contributed by atoms with Crippen molar-refractivity contribution >= 4 is 5.91 Å². The van der Waals surface area contributed by atoms with Crippen molar-refractivity contribution in [3.05, 3.63) is 35.4 Å². The molecule has 0 spiro atoms. The molecule has 1 aromatic carbocycles. The molecule has 1 amide bonds. The summed E-state index contributed by atoms with van der Waals surface area (Å²) < 4.78 is 0. The molecule has 1 aromatic rings. The van der Waals surface area contributed by atoms with Gasteiger partial charge in [0.2, 0.25) is 5.91 Å². The number of aryl methyl sites for hydroxylation is 1. The SMILES string of the molecule is NCCCCNC(=O)CC1CCc2ccccc2C1. The van der Waals surface area contributed by atoms with E-state index in [2.05, 4.69) is 29.6 Å². The van der Waals surface area contributed by atoms with E-state index in [0.717, 1.165) is 38.6 Å². The van der Waals surface area contributed by atoms with Gasteiger partial charge < -0.3 is 11.1 Å². The molecule has 0 saturated heterocycles. The Morgan fingerprint density at radius 2 is 2.05 bits per heavy atom. The standard InChI is InChI=1S/C16H24N2O/c17-9-3-4-10-18-16(19)12-13-7-8-14-5-1-2-6-15(14)11-13/h1-2,5-6,13H,3-4,7-12,17H2,(H,18,19). The van der Waals surface area contributed by atoms with Gasteiger partial charge in [-0.2, -0.15) is 0 Å². The lowest BCUT2D eigenvalue weighted by molar-refractivity contribution is -0.122. The number of fused-ring (bicyclic) bond motifs is 1. The fourth-order valence-corrected chi connectivity index (χ4v) is 2.78. The van der Waals surface area contributed by atoms with Crippen LogP contribution < -0.4 is 11.1 Å². The number of carbonyl (C=O) groups excluding carboxylic acids is 1. The minimum atomic E-state index is 0.196. The zero-order valence-corrected chi connectivity index (χ0v) is 11.5. The van der Waals surface area contributed by atoms with Crippen LogP contribution in [0.1, 0.15) is 36.8 Å². The quantitative estimate of drug-likeness (QED) is 0.769. The van der Waals surface area contributed by atoms with E-state index < -0.39 is 0 Å². The topological polar surface area (TPSA) is 55.1 Å². The van der Waals surface area contributed by atoms with Gasteiger partial charge in [0.05, 0.1) is 0 Å². The zero-order valence-electron chi connectivity index (χ0n) is 11.5. The molecule has 0 bridgehead atoms. The lowest BCUT2D eigenvalue weighted by atomic mass is 9.82. The summed E-state index contributed by atoms with van der Waals surface area (Å²) in [6.07, 6.45) is 5.92. The second-order valence-corrected chi connectivity index (χ2v) is 5.43. The Morgan fingerprint density at radius 1 is 1.26 bits per heavy atom. The summed E-state index contributed by atoms with van der Waals surface area (Å²) in [5.74, 6) is 0.700. The van der Waals surface area contributed by atoms with E-state index in [1.54, 1.807) is 0 Å². The van der Waals surface area contributed by atoms with Crippen molar-refractivity contribution in [2.24, 2.45) is 11.7 Å². The summed E-state index contributed by atoms with van der Waals surface area (Å²) in [5.41, 5.74) is 8.31. The monoisotopic (exact) mass is 260 g/mol. The molecular formula is C16H24N2O. The van der Waals surface area contributed by atoms with Crippen LogP contribution in [-0.2, 0) is 17.6 Å². The maximum atomic E-state index is 11.8. The summed E-state index contributed by atoms with van der Waals surface area (Å²) in [6, 6.07) is 8.59. The zero-order chi connectivity index (χ0) is 13.5. The molecule has 1 atom stereocenters. The molecule has 1 aliphatic carbocycles. The molecule has 1 unspecified atom stereocenters. The molecular weight excluding hydrogens is 236 g/mol. The highest BCUT2D eigenvalue weighted by molar-refractivity contribution is 5.76. The summed E-state index contributed by atoms with van der Waals surface area (Å²) >= 11 is 0. The highest BCUT2D eigenvalue weighted by Crippen LogP contribution is 2.27. The van der Waals surface area contributed by atoms with Crippen molar-refractivity contribution in [1.29, 1.82) is 0 Å². The molecule has 1 aliphatic rings. The molecule has 0 aliphatic heterocycles. The number of hydrogen-bond donors (Lipinski definition) is 2. The predicted molar refractivity (Wildman–Crippen MR) is 77.9 cm³/mol. The lowest BCUT2D eigenvalue weighted by Gasteiger charge is -2.24. The van der Waals surface area contributed by atoms with Crippen molar-refractivity contribution < 1.29 is 4.79 Å². The molecule has 0 saturated carbocycles. The van der Waals surface area contributed by atoms with Gasteiger partial charge in [-0.05, 0) is 55.7 Å². The van der Waals surface area contributed by atoms with Gasteiger partial charge in [-0.1, -0.05) is 24.3 Å². The smallest absolute Gasteiger partial charge is 0.220 e. The van der Waals surface area contributed by atoms with E-state index >= 15 is 0 Å². The van der Waals surface area contributed by atoms with Gasteiger partial charge >= 0.3 is 0 Å². The molecule has 104 valence electrons. The first-order valence-corrected chi connectivity index (χ1v) is 7.33. The third kappa shape index (κ3) is 4.35. The average molecular weight is 260 g/mol. The Morgan fingerprint density at radius 3 is 2.84 bits per heavy atom. The van der Waals surface area contributed by atoms with Gasteiger partial charge in [0, 0.05) is 13.0 Å². The summed E-state index contributed by atoms with van der Waals surface area (Å²) in [7, 11) is 0. The lowest BCUT2D eigenvalue weighted by Crippen LogP contribution is -2.28. The van der Waals surface area contributed by atoms with Crippen LogP contribution >= 0.6 is 0 Å². The second kappa shape index (κ2) is 7.29. The molecule has 2 rings (SSSR count). The summed E-state index contributed by atoms with van der Waals surface area (Å²) in [5, 5.41) is 2.99. The molecule has 0 aromatic heterocycles. The van der Waals surface area contributed by atoms with Crippen molar-refractivity contribution in [2.75, 3.05) is 13.1 Å². The first kappa shape index (κ1) is 14.1. The van der Waals surface area contributed by atoms with Crippen molar-refractivity contribution in [3.8, 4) is 0 Å². The normalized spacial score (nSPS) is 17.8. The first-order chi connectivity index (χ1) is 9.29. The van der Waals surface area contributed by atoms with Gasteiger partial charge in [0.1, 0.15) is 0 Å². The molecule has 19 heavy (non-hydrogen) atoms. The molecule has 3 N–H and O–H groups in total. The van der Waals surface area contributed by atoms with Crippen LogP contribution in [0.3, 0.4) is 0 Å². The molecule has 0 radical (unpaired) electrons. The fraction of sp³-hybridized carbons (Fsp3) is 0.562. The number of nitrogens with two attached hydrogens (primary N) is 1. The number of carbonyl (C=O) groups is 1. The van der Waals surface area contributed by atoms with E-state index in [9.17, 15) is 4.79 Å². The number of unbranched alkanes of at least 4 members (excludes halogenated alkanes) is 1. The second-order valence-electron chi connectivity index (χ2n) is 5.43. The van der Waals surface area contributed by atoms with Crippen LogP contribution in [0.4, 0.5) is 0 Å². The summed E-state index contributed by atoms with van der Waals surface area (Å²) in [6.45, 7) is 1.47. The third-order valence-electron chi connectivity index (χ3n) is 3.88. The number of benzene rings is 1. The summed E-state index contributed by atoms with van der Waals surface area (Å²) in [4.78, 5) is 11.8. The Kier molecular flexibility index (Phi) is 5.40. The van der Waals surface area contributed by atoms with E-state index in [4.69, 9.17) is 5.73 Å². The van der Waals surface area contributed by atoms with Crippen LogP contribution in [0, 0.1) is 5.92 Å². The van der Waals surface area contributed by atoms with Crippen LogP contribution in [0.5, 0.6) is 0 Å². The Labute approximate surface area is 115 Å². The van der Waals surface area contributed by atoms with Gasteiger partial charge in [-0.25, -0.2) is 0 Å². The minimum Gasteiger partial charge on any atom is -0.356 e. The number of rotatable bonds is 6. The van der Waals surface area contributed by atoms with E-state index in [-0.39, 0.29) is 5.91 Å². The van der Waals surface area contributed by atoms with Gasteiger partial charge in [0.15, 0.2) is 0 Å². The number of hydrogen-bond acceptors (Lipinski definition) is 2. The maximum absolute atomic E-state index is 11.8. The van der Waals surface area contributed by atoms with E-state index in [1.165, 1.54) is 11.1 Å². The predicted octanol–water partition coefficient (Wildman–Crippen LogP) is 2.04. The molecule has 0 fully saturated rings. The van der Waals surface area contributed by atoms with Crippen molar-refractivity contribution in [2.45, 2.75) is 38.5 Å². The molecule has 3 heteroatoms. The molecule has 0 heterocycles. The van der Waals surface area contributed by atoms with Gasteiger partial charge in [0.25, 0.3) is 0 Å². The van der Waals surface area contributed by atoms with Crippen LogP contribution in [-0.4, -0.2) is 19.0 Å². The Balaban J connectivity index is 1.74. The van der Waals surface area contributed by atoms with Gasteiger partial charge in [-0.3, -0.25) is 4.79 Å². The maximum Gasteiger partial charge on any atom is 0.220 e. The molecule has 3 nitrogen and oxygen atoms in total.